The van der Waals surface area contributed by atoms with E-state index in [1.54, 1.807) is 4.90 Å². The summed E-state index contributed by atoms with van der Waals surface area (Å²) >= 11 is 7.60. The van der Waals surface area contributed by atoms with Crippen LogP contribution in [0.4, 0.5) is 0 Å². The van der Waals surface area contributed by atoms with Gasteiger partial charge in [0.25, 0.3) is 5.91 Å². The Morgan fingerprint density at radius 3 is 2.45 bits per heavy atom. The lowest BCUT2D eigenvalue weighted by Gasteiger charge is -2.32. The molecule has 1 fully saturated rings. The number of piperidine rings is 1. The molecule has 1 saturated heterocycles. The third kappa shape index (κ3) is 4.62. The van der Waals surface area contributed by atoms with Gasteiger partial charge in [0.2, 0.25) is 0 Å². The Morgan fingerprint density at radius 2 is 1.72 bits per heavy atom. The molecule has 1 aliphatic rings. The first-order chi connectivity index (χ1) is 14.1. The van der Waals surface area contributed by atoms with Gasteiger partial charge in [0, 0.05) is 23.2 Å². The number of ether oxygens (including phenoxy) is 1. The Morgan fingerprint density at radius 1 is 1.03 bits per heavy atom. The number of hydrogen-bond acceptors (Lipinski definition) is 4. The fraction of sp³-hybridized carbons (Fsp3) is 0.304. The smallest absolute Gasteiger partial charge is 0.350 e. The van der Waals surface area contributed by atoms with Crippen LogP contribution >= 0.6 is 22.9 Å². The van der Waals surface area contributed by atoms with E-state index in [2.05, 4.69) is 24.3 Å². The summed E-state index contributed by atoms with van der Waals surface area (Å²) < 4.78 is 6.20. The van der Waals surface area contributed by atoms with Crippen LogP contribution in [0.15, 0.2) is 54.6 Å². The van der Waals surface area contributed by atoms with Crippen LogP contribution < -0.4 is 0 Å². The number of carbonyl (C=O) groups is 2. The molecule has 0 unspecified atom stereocenters. The predicted octanol–water partition coefficient (Wildman–Crippen LogP) is 5.19. The SMILES string of the molecule is O=C(OCC(=O)N1CCC(Cc2ccccc2)CC1)c1sc2ccccc2c1Cl. The summed E-state index contributed by atoms with van der Waals surface area (Å²) in [6, 6.07) is 18.0. The fourth-order valence-corrected chi connectivity index (χ4v) is 5.17. The molecule has 3 aromatic rings. The maximum Gasteiger partial charge on any atom is 0.350 e. The Bertz CT molecular complexity index is 1010. The highest BCUT2D eigenvalue weighted by Crippen LogP contribution is 2.35. The first kappa shape index (κ1) is 19.9. The summed E-state index contributed by atoms with van der Waals surface area (Å²) in [5.41, 5.74) is 1.34. The van der Waals surface area contributed by atoms with Crippen LogP contribution in [-0.2, 0) is 16.0 Å². The molecule has 1 amide bonds. The van der Waals surface area contributed by atoms with Crippen molar-refractivity contribution in [1.29, 1.82) is 0 Å². The van der Waals surface area contributed by atoms with Crippen molar-refractivity contribution in [3.63, 3.8) is 0 Å². The molecule has 1 aliphatic heterocycles. The lowest BCUT2D eigenvalue weighted by atomic mass is 9.90. The minimum absolute atomic E-state index is 0.145. The number of esters is 1. The van der Waals surface area contributed by atoms with Crippen molar-refractivity contribution >= 4 is 44.9 Å². The molecule has 0 radical (unpaired) electrons. The van der Waals surface area contributed by atoms with Gasteiger partial charge in [-0.25, -0.2) is 4.79 Å². The molecule has 1 aromatic heterocycles. The number of carbonyl (C=O) groups excluding carboxylic acids is 2. The molecule has 150 valence electrons. The third-order valence-corrected chi connectivity index (χ3v) is 7.04. The highest BCUT2D eigenvalue weighted by Gasteiger charge is 2.25. The van der Waals surface area contributed by atoms with Gasteiger partial charge < -0.3 is 9.64 Å². The number of hydrogen-bond donors (Lipinski definition) is 0. The predicted molar refractivity (Wildman–Crippen MR) is 117 cm³/mol. The average Bonchev–Trinajstić information content (AvgIpc) is 3.10. The van der Waals surface area contributed by atoms with E-state index in [9.17, 15) is 9.59 Å². The maximum atomic E-state index is 12.5. The molecule has 0 aliphatic carbocycles. The average molecular weight is 428 g/mol. The van der Waals surface area contributed by atoms with Crippen molar-refractivity contribution in [3.8, 4) is 0 Å². The fourth-order valence-electron chi connectivity index (χ4n) is 3.76. The molecule has 0 N–H and O–H groups in total. The number of benzene rings is 2. The maximum absolute atomic E-state index is 12.5. The summed E-state index contributed by atoms with van der Waals surface area (Å²) in [4.78, 5) is 27.0. The number of likely N-dealkylation sites (tertiary alicyclic amines) is 1. The van der Waals surface area contributed by atoms with Crippen molar-refractivity contribution in [3.05, 3.63) is 70.1 Å². The van der Waals surface area contributed by atoms with Gasteiger partial charge in [-0.15, -0.1) is 11.3 Å². The topological polar surface area (TPSA) is 46.6 Å². The van der Waals surface area contributed by atoms with Gasteiger partial charge in [-0.2, -0.15) is 0 Å². The van der Waals surface area contributed by atoms with Crippen molar-refractivity contribution < 1.29 is 14.3 Å². The van der Waals surface area contributed by atoms with Crippen LogP contribution in [0.2, 0.25) is 5.02 Å². The zero-order valence-electron chi connectivity index (χ0n) is 16.0. The van der Waals surface area contributed by atoms with Gasteiger partial charge in [-0.1, -0.05) is 60.1 Å². The van der Waals surface area contributed by atoms with Crippen molar-refractivity contribution in [2.45, 2.75) is 19.3 Å². The molecule has 29 heavy (non-hydrogen) atoms. The van der Waals surface area contributed by atoms with Crippen LogP contribution in [0, 0.1) is 5.92 Å². The molecule has 2 aromatic carbocycles. The number of thiophene rings is 1. The molecule has 0 atom stereocenters. The van der Waals surface area contributed by atoms with E-state index in [0.29, 0.717) is 28.9 Å². The van der Waals surface area contributed by atoms with Gasteiger partial charge in [-0.3, -0.25) is 4.79 Å². The monoisotopic (exact) mass is 427 g/mol. The molecule has 6 heteroatoms. The molecule has 4 nitrogen and oxygen atoms in total. The number of halogens is 1. The summed E-state index contributed by atoms with van der Waals surface area (Å²) in [6.07, 6.45) is 2.98. The van der Waals surface area contributed by atoms with E-state index in [1.165, 1.54) is 16.9 Å². The van der Waals surface area contributed by atoms with E-state index < -0.39 is 5.97 Å². The van der Waals surface area contributed by atoms with Gasteiger partial charge in [0.1, 0.15) is 4.88 Å². The molecular formula is C23H22ClNO3S. The van der Waals surface area contributed by atoms with E-state index in [4.69, 9.17) is 16.3 Å². The summed E-state index contributed by atoms with van der Waals surface area (Å²) in [7, 11) is 0. The second-order valence-corrected chi connectivity index (χ2v) is 8.76. The van der Waals surface area contributed by atoms with E-state index in [0.717, 1.165) is 29.3 Å². The van der Waals surface area contributed by atoms with Crippen molar-refractivity contribution in [1.82, 2.24) is 4.90 Å². The zero-order valence-corrected chi connectivity index (χ0v) is 17.5. The summed E-state index contributed by atoms with van der Waals surface area (Å²) in [5, 5.41) is 1.22. The van der Waals surface area contributed by atoms with Gasteiger partial charge in [0.05, 0.1) is 5.02 Å². The van der Waals surface area contributed by atoms with Gasteiger partial charge in [-0.05, 0) is 36.8 Å². The van der Waals surface area contributed by atoms with E-state index >= 15 is 0 Å². The summed E-state index contributed by atoms with van der Waals surface area (Å²) in [6.45, 7) is 1.17. The zero-order chi connectivity index (χ0) is 20.2. The van der Waals surface area contributed by atoms with Crippen LogP contribution in [0.1, 0.15) is 28.1 Å². The van der Waals surface area contributed by atoms with Crippen molar-refractivity contribution in [2.75, 3.05) is 19.7 Å². The van der Waals surface area contributed by atoms with E-state index in [-0.39, 0.29) is 12.5 Å². The second-order valence-electron chi connectivity index (χ2n) is 7.33. The number of fused-ring (bicyclic) bond motifs is 1. The number of nitrogens with zero attached hydrogens (tertiary/aromatic N) is 1. The lowest BCUT2D eigenvalue weighted by molar-refractivity contribution is -0.135. The highest BCUT2D eigenvalue weighted by molar-refractivity contribution is 7.21. The minimum atomic E-state index is -0.538. The lowest BCUT2D eigenvalue weighted by Crippen LogP contribution is -2.41. The van der Waals surface area contributed by atoms with Crippen molar-refractivity contribution in [2.24, 2.45) is 5.92 Å². The quantitative estimate of drug-likeness (QED) is 0.526. The number of rotatable bonds is 5. The van der Waals surface area contributed by atoms with E-state index in [1.807, 2.05) is 30.3 Å². The highest BCUT2D eigenvalue weighted by atomic mass is 35.5. The minimum Gasteiger partial charge on any atom is -0.451 e. The molecule has 0 spiro atoms. The summed E-state index contributed by atoms with van der Waals surface area (Å²) in [5.74, 6) is -0.0985. The Labute approximate surface area is 179 Å². The van der Waals surface area contributed by atoms with Crippen LogP contribution in [0.25, 0.3) is 10.1 Å². The Kier molecular flexibility index (Phi) is 6.16. The first-order valence-corrected chi connectivity index (χ1v) is 11.0. The molecule has 0 saturated carbocycles. The van der Waals surface area contributed by atoms with Crippen LogP contribution in [0.5, 0.6) is 0 Å². The molecule has 0 bridgehead atoms. The Hall–Kier alpha value is -2.37. The number of amides is 1. The van der Waals surface area contributed by atoms with Crippen LogP contribution in [0.3, 0.4) is 0 Å². The Balaban J connectivity index is 1.27. The largest absolute Gasteiger partial charge is 0.451 e. The van der Waals surface area contributed by atoms with Crippen LogP contribution in [-0.4, -0.2) is 36.5 Å². The van der Waals surface area contributed by atoms with Gasteiger partial charge in [0.15, 0.2) is 6.61 Å². The molecular weight excluding hydrogens is 406 g/mol. The molecule has 2 heterocycles. The third-order valence-electron chi connectivity index (χ3n) is 5.38. The normalized spacial score (nSPS) is 14.9. The second kappa shape index (κ2) is 8.97. The molecule has 4 rings (SSSR count). The van der Waals surface area contributed by atoms with Gasteiger partial charge >= 0.3 is 5.97 Å². The first-order valence-electron chi connectivity index (χ1n) is 9.77. The standard InChI is InChI=1S/C23H22ClNO3S/c24-21-18-8-4-5-9-19(18)29-22(21)23(27)28-15-20(26)25-12-10-17(11-13-25)14-16-6-2-1-3-7-16/h1-9,17H,10-15H2.